The number of hydrogen-bond acceptors (Lipinski definition) is 6. The molecule has 7 nitrogen and oxygen atoms in total. The standard InChI is InChI=1S/C17H21N7/c1-2-10-23(9-1)16-6-5-15-13(11-19-24(15)22-16)14-7-8-18-17(21-14)20-12-3-4-12/h7-8,11-12H,1-6,9-10H2,(H,18,20,21). The van der Waals surface area contributed by atoms with Gasteiger partial charge in [0.1, 0.15) is 5.84 Å². The van der Waals surface area contributed by atoms with Crippen molar-refractivity contribution in [2.45, 2.75) is 44.6 Å². The first kappa shape index (κ1) is 13.9. The van der Waals surface area contributed by atoms with Gasteiger partial charge in [-0.15, -0.1) is 5.10 Å². The molecule has 0 amide bonds. The molecular weight excluding hydrogens is 302 g/mol. The van der Waals surface area contributed by atoms with E-state index < -0.39 is 0 Å². The molecule has 0 aromatic carbocycles. The largest absolute Gasteiger partial charge is 0.359 e. The zero-order valence-corrected chi connectivity index (χ0v) is 13.6. The molecule has 0 radical (unpaired) electrons. The third-order valence-corrected chi connectivity index (χ3v) is 4.96. The highest BCUT2D eigenvalue weighted by Crippen LogP contribution is 2.28. The Morgan fingerprint density at radius 1 is 1.12 bits per heavy atom. The van der Waals surface area contributed by atoms with Crippen LogP contribution in [0.3, 0.4) is 0 Å². The minimum Gasteiger partial charge on any atom is -0.359 e. The molecule has 2 aliphatic heterocycles. The second-order valence-corrected chi connectivity index (χ2v) is 6.79. The lowest BCUT2D eigenvalue weighted by Gasteiger charge is -2.23. The zero-order valence-electron chi connectivity index (χ0n) is 13.6. The van der Waals surface area contributed by atoms with E-state index in [1.165, 1.54) is 31.5 Å². The van der Waals surface area contributed by atoms with E-state index in [0.29, 0.717) is 12.0 Å². The summed E-state index contributed by atoms with van der Waals surface area (Å²) < 4.78 is 0. The highest BCUT2D eigenvalue weighted by atomic mass is 15.5. The number of hydrogen-bond donors (Lipinski definition) is 1. The molecule has 0 atom stereocenters. The van der Waals surface area contributed by atoms with Gasteiger partial charge in [0.15, 0.2) is 0 Å². The van der Waals surface area contributed by atoms with Crippen molar-refractivity contribution in [2.24, 2.45) is 5.10 Å². The third-order valence-electron chi connectivity index (χ3n) is 4.96. The molecule has 4 heterocycles. The van der Waals surface area contributed by atoms with Crippen LogP contribution >= 0.6 is 0 Å². The van der Waals surface area contributed by atoms with Crippen LogP contribution in [0.15, 0.2) is 23.6 Å². The molecule has 1 N–H and O–H groups in total. The second kappa shape index (κ2) is 5.58. The van der Waals surface area contributed by atoms with Crippen molar-refractivity contribution in [3.05, 3.63) is 24.2 Å². The van der Waals surface area contributed by atoms with E-state index in [4.69, 9.17) is 5.10 Å². The maximum atomic E-state index is 4.74. The number of likely N-dealkylation sites (tertiary alicyclic amines) is 1. The quantitative estimate of drug-likeness (QED) is 0.937. The number of aromatic nitrogens is 4. The van der Waals surface area contributed by atoms with E-state index in [2.05, 4.69) is 25.3 Å². The summed E-state index contributed by atoms with van der Waals surface area (Å²) in [6, 6.07) is 2.50. The molecule has 3 aliphatic rings. The average molecular weight is 323 g/mol. The maximum absolute atomic E-state index is 4.74. The molecule has 0 unspecified atom stereocenters. The molecule has 2 aromatic rings. The van der Waals surface area contributed by atoms with Crippen molar-refractivity contribution in [2.75, 3.05) is 18.4 Å². The Labute approximate surface area is 140 Å². The molecule has 2 aromatic heterocycles. The molecule has 24 heavy (non-hydrogen) atoms. The molecule has 0 bridgehead atoms. The number of nitrogens with zero attached hydrogens (tertiary/aromatic N) is 6. The fraction of sp³-hybridized carbons (Fsp3) is 0.529. The SMILES string of the molecule is c1cc(-c2cnn3c2CCC(N2CCCC2)=N3)nc(NC2CC2)n1. The third kappa shape index (κ3) is 2.53. The van der Waals surface area contributed by atoms with E-state index in [1.807, 2.05) is 18.5 Å². The molecule has 1 aliphatic carbocycles. The predicted molar refractivity (Wildman–Crippen MR) is 91.9 cm³/mol. The van der Waals surface area contributed by atoms with Crippen molar-refractivity contribution < 1.29 is 0 Å². The van der Waals surface area contributed by atoms with E-state index >= 15 is 0 Å². The lowest BCUT2D eigenvalue weighted by molar-refractivity contribution is 0.483. The highest BCUT2D eigenvalue weighted by Gasteiger charge is 2.25. The number of amidine groups is 1. The van der Waals surface area contributed by atoms with Gasteiger partial charge in [0.2, 0.25) is 5.95 Å². The lowest BCUT2D eigenvalue weighted by Crippen LogP contribution is -2.31. The fourth-order valence-corrected chi connectivity index (χ4v) is 3.47. The maximum Gasteiger partial charge on any atom is 0.223 e. The van der Waals surface area contributed by atoms with Crippen LogP contribution in [0.4, 0.5) is 5.95 Å². The average Bonchev–Trinajstić information content (AvgIpc) is 3.12. The summed E-state index contributed by atoms with van der Waals surface area (Å²) in [5, 5.41) is 12.6. The van der Waals surface area contributed by atoms with Gasteiger partial charge < -0.3 is 10.2 Å². The van der Waals surface area contributed by atoms with Gasteiger partial charge in [-0.1, -0.05) is 0 Å². The van der Waals surface area contributed by atoms with Crippen LogP contribution in [-0.2, 0) is 6.42 Å². The molecule has 1 saturated heterocycles. The van der Waals surface area contributed by atoms with Gasteiger partial charge in [0.25, 0.3) is 0 Å². The van der Waals surface area contributed by atoms with E-state index in [9.17, 15) is 0 Å². The van der Waals surface area contributed by atoms with Gasteiger partial charge in [0, 0.05) is 37.3 Å². The molecule has 0 spiro atoms. The van der Waals surface area contributed by atoms with Crippen LogP contribution in [-0.4, -0.2) is 49.7 Å². The van der Waals surface area contributed by atoms with Crippen LogP contribution < -0.4 is 5.32 Å². The number of rotatable bonds is 3. The van der Waals surface area contributed by atoms with Gasteiger partial charge in [-0.2, -0.15) is 9.89 Å². The molecular formula is C17H21N7. The summed E-state index contributed by atoms with van der Waals surface area (Å²) in [5.41, 5.74) is 3.14. The van der Waals surface area contributed by atoms with E-state index in [0.717, 1.165) is 42.9 Å². The van der Waals surface area contributed by atoms with Crippen LogP contribution in [0.1, 0.15) is 37.8 Å². The summed E-state index contributed by atoms with van der Waals surface area (Å²) >= 11 is 0. The van der Waals surface area contributed by atoms with Crippen molar-refractivity contribution in [3.63, 3.8) is 0 Å². The van der Waals surface area contributed by atoms with Gasteiger partial charge >= 0.3 is 0 Å². The Kier molecular flexibility index (Phi) is 3.24. The second-order valence-electron chi connectivity index (χ2n) is 6.79. The van der Waals surface area contributed by atoms with E-state index in [-0.39, 0.29) is 0 Å². The van der Waals surface area contributed by atoms with Gasteiger partial charge in [-0.25, -0.2) is 9.97 Å². The predicted octanol–water partition coefficient (Wildman–Crippen LogP) is 2.12. The lowest BCUT2D eigenvalue weighted by atomic mass is 10.1. The highest BCUT2D eigenvalue weighted by molar-refractivity contribution is 5.84. The van der Waals surface area contributed by atoms with Crippen molar-refractivity contribution >= 4 is 11.8 Å². The molecule has 124 valence electrons. The van der Waals surface area contributed by atoms with Gasteiger partial charge in [0.05, 0.1) is 17.6 Å². The summed E-state index contributed by atoms with van der Waals surface area (Å²) in [5.74, 6) is 1.89. The van der Waals surface area contributed by atoms with Crippen LogP contribution in [0.5, 0.6) is 0 Å². The van der Waals surface area contributed by atoms with Gasteiger partial charge in [-0.3, -0.25) is 0 Å². The number of nitrogens with one attached hydrogen (secondary N) is 1. The smallest absolute Gasteiger partial charge is 0.223 e. The Hall–Kier alpha value is -2.44. The molecule has 5 rings (SSSR count). The summed E-state index contributed by atoms with van der Waals surface area (Å²) in [7, 11) is 0. The first-order chi connectivity index (χ1) is 11.9. The number of fused-ring (bicyclic) bond motifs is 1. The molecule has 2 fully saturated rings. The Balaban J connectivity index is 1.44. The van der Waals surface area contributed by atoms with Crippen LogP contribution in [0, 0.1) is 0 Å². The van der Waals surface area contributed by atoms with Crippen LogP contribution in [0.2, 0.25) is 0 Å². The molecule has 7 heteroatoms. The van der Waals surface area contributed by atoms with Crippen LogP contribution in [0.25, 0.3) is 11.3 Å². The number of anilines is 1. The fourth-order valence-electron chi connectivity index (χ4n) is 3.47. The minimum absolute atomic E-state index is 0.550. The Morgan fingerprint density at radius 2 is 2.00 bits per heavy atom. The van der Waals surface area contributed by atoms with Crippen molar-refractivity contribution in [3.8, 4) is 11.3 Å². The molecule has 1 saturated carbocycles. The topological polar surface area (TPSA) is 71.2 Å². The summed E-state index contributed by atoms with van der Waals surface area (Å²) in [4.78, 5) is 13.2. The summed E-state index contributed by atoms with van der Waals surface area (Å²) in [6.45, 7) is 2.26. The zero-order chi connectivity index (χ0) is 15.9. The first-order valence-electron chi connectivity index (χ1n) is 8.86. The van der Waals surface area contributed by atoms with Crippen molar-refractivity contribution in [1.82, 2.24) is 24.8 Å². The first-order valence-corrected chi connectivity index (χ1v) is 8.86. The van der Waals surface area contributed by atoms with Gasteiger partial charge in [-0.05, 0) is 38.2 Å². The Morgan fingerprint density at radius 3 is 2.83 bits per heavy atom. The van der Waals surface area contributed by atoms with Crippen molar-refractivity contribution in [1.29, 1.82) is 0 Å². The summed E-state index contributed by atoms with van der Waals surface area (Å²) in [6.07, 6.45) is 10.6. The monoisotopic (exact) mass is 323 g/mol. The normalized spacial score (nSPS) is 20.0. The minimum atomic E-state index is 0.550. The Bertz CT molecular complexity index is 784. The van der Waals surface area contributed by atoms with E-state index in [1.54, 1.807) is 4.79 Å².